The largest absolute Gasteiger partial charge is 0.518 e. The molecule has 0 atom stereocenters. The molecule has 0 aromatic heterocycles. The smallest absolute Gasteiger partial charge is 0.403 e. The third-order valence-corrected chi connectivity index (χ3v) is 4.76. The van der Waals surface area contributed by atoms with Gasteiger partial charge >= 0.3 is 12.3 Å². The topological polar surface area (TPSA) is 71.1 Å². The fourth-order valence-electron chi connectivity index (χ4n) is 3.20. The van der Waals surface area contributed by atoms with Gasteiger partial charge in [0.2, 0.25) is 0 Å². The summed E-state index contributed by atoms with van der Waals surface area (Å²) < 4.78 is 21.3. The number of hydrogen-bond acceptors (Lipinski definition) is 6. The van der Waals surface area contributed by atoms with Gasteiger partial charge in [-0.25, -0.2) is 9.59 Å². The Labute approximate surface area is 187 Å². The fraction of sp³-hybridized carbons (Fsp3) is 0.231. The number of hydrogen-bond donors (Lipinski definition) is 0. The van der Waals surface area contributed by atoms with E-state index in [0.29, 0.717) is 33.0 Å². The molecule has 0 radical (unpaired) electrons. The lowest BCUT2D eigenvalue weighted by Gasteiger charge is -2.16. The van der Waals surface area contributed by atoms with Gasteiger partial charge in [-0.1, -0.05) is 57.2 Å². The number of rotatable bonds is 7. The van der Waals surface area contributed by atoms with E-state index in [4.69, 9.17) is 18.9 Å². The SMILES string of the molecule is CC/C=C/OC(=O)Oc1c2ccccc2c(OC(=O)O/C=C/CC)c2cc(CC)ccc12. The molecule has 0 N–H and O–H groups in total. The highest BCUT2D eigenvalue weighted by Gasteiger charge is 2.21. The van der Waals surface area contributed by atoms with Crippen LogP contribution in [0.2, 0.25) is 0 Å². The predicted molar refractivity (Wildman–Crippen MR) is 124 cm³/mol. The molecule has 0 spiro atoms. The standard InChI is InChI=1S/C26H26O6/c1-4-7-15-29-25(27)31-23-19-11-9-10-12-20(19)24(32-26(28)30-16-8-5-2)22-17-18(6-3)13-14-21(22)23/h7-17H,4-6H2,1-3H3/b15-7+,16-8+. The number of ether oxygens (including phenoxy) is 4. The average molecular weight is 434 g/mol. The van der Waals surface area contributed by atoms with Gasteiger partial charge in [0.1, 0.15) is 11.5 Å². The van der Waals surface area contributed by atoms with Crippen LogP contribution in [0.3, 0.4) is 0 Å². The van der Waals surface area contributed by atoms with Crippen molar-refractivity contribution in [1.82, 2.24) is 0 Å². The minimum absolute atomic E-state index is 0.333. The molecular formula is C26H26O6. The molecule has 0 aliphatic carbocycles. The second-order valence-electron chi connectivity index (χ2n) is 6.94. The maximum atomic E-state index is 12.3. The molecule has 0 aliphatic heterocycles. The molecule has 0 unspecified atom stereocenters. The molecule has 3 aromatic rings. The van der Waals surface area contributed by atoms with Gasteiger partial charge in [0, 0.05) is 21.5 Å². The molecule has 166 valence electrons. The van der Waals surface area contributed by atoms with E-state index in [2.05, 4.69) is 0 Å². The van der Waals surface area contributed by atoms with Crippen molar-refractivity contribution < 1.29 is 28.5 Å². The van der Waals surface area contributed by atoms with Crippen LogP contribution >= 0.6 is 0 Å². The Kier molecular flexibility index (Phi) is 7.86. The lowest BCUT2D eigenvalue weighted by atomic mass is 9.98. The highest BCUT2D eigenvalue weighted by Crippen LogP contribution is 2.43. The number of carbonyl (C=O) groups is 2. The van der Waals surface area contributed by atoms with E-state index < -0.39 is 12.3 Å². The normalized spacial score (nSPS) is 11.3. The summed E-state index contributed by atoms with van der Waals surface area (Å²) in [6.45, 7) is 5.89. The second-order valence-corrected chi connectivity index (χ2v) is 6.94. The van der Waals surface area contributed by atoms with Crippen LogP contribution in [0.5, 0.6) is 11.5 Å². The minimum atomic E-state index is -0.849. The zero-order chi connectivity index (χ0) is 22.9. The Bertz CT molecular complexity index is 1180. The molecule has 0 heterocycles. The first-order valence-electron chi connectivity index (χ1n) is 10.6. The molecule has 0 bridgehead atoms. The van der Waals surface area contributed by atoms with E-state index in [1.807, 2.05) is 51.1 Å². The lowest BCUT2D eigenvalue weighted by molar-refractivity contribution is 0.134. The summed E-state index contributed by atoms with van der Waals surface area (Å²) in [6, 6.07) is 12.9. The van der Waals surface area contributed by atoms with Crippen LogP contribution in [-0.2, 0) is 15.9 Å². The van der Waals surface area contributed by atoms with Gasteiger partial charge in [-0.15, -0.1) is 0 Å². The van der Waals surface area contributed by atoms with Crippen LogP contribution in [0.25, 0.3) is 21.5 Å². The van der Waals surface area contributed by atoms with Crippen LogP contribution < -0.4 is 9.47 Å². The summed E-state index contributed by atoms with van der Waals surface area (Å²) in [5.74, 6) is 0.673. The van der Waals surface area contributed by atoms with Crippen molar-refractivity contribution in [2.75, 3.05) is 0 Å². The zero-order valence-corrected chi connectivity index (χ0v) is 18.4. The van der Waals surface area contributed by atoms with Crippen molar-refractivity contribution in [2.45, 2.75) is 40.0 Å². The van der Waals surface area contributed by atoms with Gasteiger partial charge in [-0.05, 0) is 43.0 Å². The van der Waals surface area contributed by atoms with E-state index in [1.165, 1.54) is 12.5 Å². The summed E-state index contributed by atoms with van der Waals surface area (Å²) in [4.78, 5) is 24.6. The molecule has 32 heavy (non-hydrogen) atoms. The Morgan fingerprint density at radius 1 is 0.719 bits per heavy atom. The summed E-state index contributed by atoms with van der Waals surface area (Å²) in [7, 11) is 0. The third kappa shape index (κ3) is 5.27. The highest BCUT2D eigenvalue weighted by atomic mass is 16.7. The monoisotopic (exact) mass is 434 g/mol. The Hall–Kier alpha value is -3.80. The predicted octanol–water partition coefficient (Wildman–Crippen LogP) is 7.43. The van der Waals surface area contributed by atoms with Crippen molar-refractivity contribution in [3.63, 3.8) is 0 Å². The molecule has 6 nitrogen and oxygen atoms in total. The van der Waals surface area contributed by atoms with Gasteiger partial charge in [-0.2, -0.15) is 0 Å². The van der Waals surface area contributed by atoms with Crippen molar-refractivity contribution in [2.24, 2.45) is 0 Å². The van der Waals surface area contributed by atoms with Crippen molar-refractivity contribution >= 4 is 33.9 Å². The summed E-state index contributed by atoms with van der Waals surface area (Å²) in [6.07, 6.45) is 6.58. The van der Waals surface area contributed by atoms with Crippen LogP contribution in [0.1, 0.15) is 39.2 Å². The number of fused-ring (bicyclic) bond motifs is 2. The highest BCUT2D eigenvalue weighted by molar-refractivity contribution is 6.12. The third-order valence-electron chi connectivity index (χ3n) is 4.76. The van der Waals surface area contributed by atoms with Gasteiger partial charge < -0.3 is 18.9 Å². The van der Waals surface area contributed by atoms with Gasteiger partial charge in [0.25, 0.3) is 0 Å². The number of allylic oxidation sites excluding steroid dienone is 2. The number of carbonyl (C=O) groups excluding carboxylic acids is 2. The zero-order valence-electron chi connectivity index (χ0n) is 18.4. The second kappa shape index (κ2) is 11.0. The number of benzene rings is 3. The first-order valence-corrected chi connectivity index (χ1v) is 10.6. The maximum Gasteiger partial charge on any atom is 0.518 e. The Morgan fingerprint density at radius 2 is 1.22 bits per heavy atom. The molecular weight excluding hydrogens is 408 g/mol. The van der Waals surface area contributed by atoms with Crippen molar-refractivity contribution in [3.8, 4) is 11.5 Å². The minimum Gasteiger partial charge on any atom is -0.403 e. The van der Waals surface area contributed by atoms with E-state index in [-0.39, 0.29) is 0 Å². The molecule has 0 saturated carbocycles. The first-order chi connectivity index (χ1) is 15.6. The van der Waals surface area contributed by atoms with E-state index in [9.17, 15) is 9.59 Å². The van der Waals surface area contributed by atoms with Gasteiger partial charge in [-0.3, -0.25) is 0 Å². The van der Waals surface area contributed by atoms with Crippen LogP contribution in [0.4, 0.5) is 9.59 Å². The fourth-order valence-corrected chi connectivity index (χ4v) is 3.20. The molecule has 0 saturated heterocycles. The lowest BCUT2D eigenvalue weighted by Crippen LogP contribution is -2.10. The summed E-state index contributed by atoms with van der Waals surface area (Å²) >= 11 is 0. The van der Waals surface area contributed by atoms with Crippen molar-refractivity contribution in [3.05, 3.63) is 72.7 Å². The van der Waals surface area contributed by atoms with Gasteiger partial charge in [0.15, 0.2) is 0 Å². The quantitative estimate of drug-likeness (QED) is 0.167. The Balaban J connectivity index is 2.16. The van der Waals surface area contributed by atoms with Crippen LogP contribution in [0.15, 0.2) is 67.1 Å². The van der Waals surface area contributed by atoms with E-state index in [0.717, 1.165) is 24.8 Å². The first kappa shape index (κ1) is 22.9. The number of aryl methyl sites for hydroxylation is 1. The molecule has 6 heteroatoms. The maximum absolute atomic E-state index is 12.3. The molecule has 0 fully saturated rings. The molecule has 0 aliphatic rings. The van der Waals surface area contributed by atoms with Gasteiger partial charge in [0.05, 0.1) is 12.5 Å². The molecule has 3 rings (SSSR count). The molecule has 0 amide bonds. The van der Waals surface area contributed by atoms with Crippen LogP contribution in [0, 0.1) is 0 Å². The summed E-state index contributed by atoms with van der Waals surface area (Å²) in [5, 5.41) is 2.46. The average Bonchev–Trinajstić information content (AvgIpc) is 2.81. The summed E-state index contributed by atoms with van der Waals surface area (Å²) in [5.41, 5.74) is 1.04. The van der Waals surface area contributed by atoms with Crippen LogP contribution in [-0.4, -0.2) is 12.3 Å². The molecule has 3 aromatic carbocycles. The van der Waals surface area contributed by atoms with Crippen molar-refractivity contribution in [1.29, 1.82) is 0 Å². The van der Waals surface area contributed by atoms with E-state index in [1.54, 1.807) is 24.3 Å². The van der Waals surface area contributed by atoms with E-state index >= 15 is 0 Å². The Morgan fingerprint density at radius 3 is 1.72 bits per heavy atom.